The van der Waals surface area contributed by atoms with Crippen LogP contribution in [0.4, 0.5) is 5.82 Å². The van der Waals surface area contributed by atoms with Crippen molar-refractivity contribution in [1.82, 2.24) is 14.3 Å². The van der Waals surface area contributed by atoms with Crippen LogP contribution in [-0.2, 0) is 23.0 Å². The number of benzene rings is 3. The zero-order valence-electron chi connectivity index (χ0n) is 25.7. The highest BCUT2D eigenvalue weighted by atomic mass is 32.2. The normalized spacial score (nSPS) is 13.5. The molecule has 0 unspecified atom stereocenters. The van der Waals surface area contributed by atoms with Gasteiger partial charge in [-0.1, -0.05) is 66.7 Å². The molecule has 0 radical (unpaired) electrons. The molecule has 2 heterocycles. The van der Waals surface area contributed by atoms with Gasteiger partial charge in [-0.3, -0.25) is 0 Å². The lowest BCUT2D eigenvalue weighted by Crippen LogP contribution is -2.29. The molecule has 1 aromatic heterocycles. The van der Waals surface area contributed by atoms with Crippen molar-refractivity contribution >= 4 is 34.0 Å². The lowest BCUT2D eigenvalue weighted by Gasteiger charge is -2.18. The Balaban J connectivity index is 1.23. The predicted molar refractivity (Wildman–Crippen MR) is 175 cm³/mol. The second-order valence-electron chi connectivity index (χ2n) is 10.6. The quantitative estimate of drug-likeness (QED) is 0.172. The van der Waals surface area contributed by atoms with Gasteiger partial charge in [0.15, 0.2) is 16.5 Å². The molecule has 0 aliphatic carbocycles. The van der Waals surface area contributed by atoms with E-state index in [2.05, 4.69) is 63.8 Å². The summed E-state index contributed by atoms with van der Waals surface area (Å²) in [7, 11) is -0.912. The molecule has 1 aliphatic rings. The first-order valence-electron chi connectivity index (χ1n) is 14.8. The summed E-state index contributed by atoms with van der Waals surface area (Å²) < 4.78 is 44.3. The molecule has 2 N–H and O–H groups in total. The van der Waals surface area contributed by atoms with Crippen LogP contribution in [0.2, 0.25) is 0 Å². The van der Waals surface area contributed by atoms with Crippen LogP contribution >= 0.6 is 0 Å². The lowest BCUT2D eigenvalue weighted by molar-refractivity contribution is 0.0690. The first-order chi connectivity index (χ1) is 22.3. The first-order valence-corrected chi connectivity index (χ1v) is 16.3. The lowest BCUT2D eigenvalue weighted by atomic mass is 10.1. The van der Waals surface area contributed by atoms with Crippen molar-refractivity contribution in [2.24, 2.45) is 0 Å². The molecule has 0 spiro atoms. The van der Waals surface area contributed by atoms with Crippen LogP contribution in [0.5, 0.6) is 17.2 Å². The molecular formula is C34H36N4O7S. The Labute approximate surface area is 268 Å². The molecule has 0 bridgehead atoms. The topological polar surface area (TPSA) is 140 Å². The maximum absolute atomic E-state index is 12.9. The highest BCUT2D eigenvalue weighted by Gasteiger charge is 2.30. The number of aromatic nitrogens is 2. The van der Waals surface area contributed by atoms with Crippen molar-refractivity contribution < 1.29 is 32.5 Å². The van der Waals surface area contributed by atoms with Gasteiger partial charge in [-0.15, -0.1) is 0 Å². The van der Waals surface area contributed by atoms with Gasteiger partial charge in [0, 0.05) is 38.2 Å². The van der Waals surface area contributed by atoms with Gasteiger partial charge in [-0.2, -0.15) is 4.31 Å². The summed E-state index contributed by atoms with van der Waals surface area (Å²) in [5, 5.41) is 12.3. The summed E-state index contributed by atoms with van der Waals surface area (Å²) in [6.45, 7) is 1.22. The summed E-state index contributed by atoms with van der Waals surface area (Å²) in [6, 6.07) is 21.9. The van der Waals surface area contributed by atoms with Crippen LogP contribution < -0.4 is 19.5 Å². The van der Waals surface area contributed by atoms with Gasteiger partial charge < -0.3 is 24.6 Å². The Morgan fingerprint density at radius 2 is 1.59 bits per heavy atom. The molecule has 1 aliphatic heterocycles. The van der Waals surface area contributed by atoms with Crippen molar-refractivity contribution in [1.29, 1.82) is 0 Å². The molecule has 4 aromatic rings. The van der Waals surface area contributed by atoms with E-state index >= 15 is 0 Å². The number of methoxy groups -OCH3 is 2. The molecule has 240 valence electrons. The Bertz CT molecular complexity index is 1770. The van der Waals surface area contributed by atoms with E-state index in [4.69, 9.17) is 14.2 Å². The molecular weight excluding hydrogens is 608 g/mol. The van der Waals surface area contributed by atoms with Crippen molar-refractivity contribution in [2.75, 3.05) is 39.2 Å². The fraction of sp³-hybridized carbons (Fsp3) is 0.265. The molecule has 0 saturated carbocycles. The Kier molecular flexibility index (Phi) is 10.5. The number of hydrogen-bond donors (Lipinski definition) is 2. The molecule has 0 atom stereocenters. The number of sulfonamides is 1. The summed E-state index contributed by atoms with van der Waals surface area (Å²) in [5.74, 6) is -0.0420. The minimum absolute atomic E-state index is 0.0604. The Hall–Kier alpha value is -4.94. The van der Waals surface area contributed by atoms with Gasteiger partial charge in [-0.05, 0) is 29.5 Å². The maximum Gasteiger partial charge on any atom is 0.358 e. The number of anilines is 1. The van der Waals surface area contributed by atoms with Crippen LogP contribution in [0.15, 0.2) is 78.0 Å². The summed E-state index contributed by atoms with van der Waals surface area (Å²) in [6.07, 6.45) is 7.41. The predicted octanol–water partition coefficient (Wildman–Crippen LogP) is 5.38. The van der Waals surface area contributed by atoms with E-state index in [1.165, 1.54) is 18.5 Å². The monoisotopic (exact) mass is 644 g/mol. The molecule has 0 amide bonds. The molecule has 3 aromatic carbocycles. The largest absolute Gasteiger partial charge is 0.496 e. The van der Waals surface area contributed by atoms with Gasteiger partial charge in [-0.25, -0.2) is 23.2 Å². The number of carbonyl (C=O) groups is 1. The number of carboxylic acids is 1. The van der Waals surface area contributed by atoms with Crippen molar-refractivity contribution in [3.63, 3.8) is 0 Å². The van der Waals surface area contributed by atoms with Crippen molar-refractivity contribution in [3.05, 3.63) is 101 Å². The van der Waals surface area contributed by atoms with Crippen molar-refractivity contribution in [3.8, 4) is 17.2 Å². The highest BCUT2D eigenvalue weighted by Crippen LogP contribution is 2.35. The highest BCUT2D eigenvalue weighted by molar-refractivity contribution is 7.89. The summed E-state index contributed by atoms with van der Waals surface area (Å²) >= 11 is 0. The molecule has 1 saturated heterocycles. The molecule has 12 heteroatoms. The summed E-state index contributed by atoms with van der Waals surface area (Å²) in [5.41, 5.74) is 3.47. The van der Waals surface area contributed by atoms with Gasteiger partial charge in [0.05, 0.1) is 32.6 Å². The van der Waals surface area contributed by atoms with Gasteiger partial charge in [0.1, 0.15) is 17.2 Å². The maximum atomic E-state index is 12.9. The average molecular weight is 645 g/mol. The van der Waals surface area contributed by atoms with Crippen molar-refractivity contribution in [2.45, 2.75) is 30.8 Å². The van der Waals surface area contributed by atoms with Crippen LogP contribution in [0.3, 0.4) is 0 Å². The van der Waals surface area contributed by atoms with Crippen LogP contribution in [0.1, 0.15) is 45.6 Å². The zero-order chi connectivity index (χ0) is 32.5. The molecule has 5 rings (SSSR count). The fourth-order valence-corrected chi connectivity index (χ4v) is 6.46. The number of hydrogen-bond acceptors (Lipinski definition) is 9. The summed E-state index contributed by atoms with van der Waals surface area (Å²) in [4.78, 5) is 20.1. The minimum atomic E-state index is -3.93. The second kappa shape index (κ2) is 14.9. The van der Waals surface area contributed by atoms with Gasteiger partial charge in [0.25, 0.3) is 10.0 Å². The standard InChI is InChI=1S/C34H36N4O7S/c1-43-29-20-27(45-19-16-26-14-12-25(13-15-26)11-10-24-8-4-3-5-9-24)21-30(44-2)28(29)22-35-33-32(34(39)40)37-31(23-36-33)46(41,42)38-17-6-7-18-38/h3-5,8-15,20-21,23H,6-7,16-19,22H2,1-2H3,(H,35,36)(H,39,40)/b11-10+. The zero-order valence-corrected chi connectivity index (χ0v) is 26.5. The molecule has 1 fully saturated rings. The van der Waals surface area contributed by atoms with Gasteiger partial charge >= 0.3 is 5.97 Å². The number of carboxylic acid groups (broad SMARTS) is 1. The van der Waals surface area contributed by atoms with Crippen LogP contribution in [0, 0.1) is 0 Å². The smallest absolute Gasteiger partial charge is 0.358 e. The van der Waals surface area contributed by atoms with E-state index in [-0.39, 0.29) is 12.4 Å². The number of aromatic carboxylic acids is 1. The third kappa shape index (κ3) is 7.82. The van der Waals surface area contributed by atoms with Crippen LogP contribution in [-0.4, -0.2) is 67.7 Å². The first kappa shape index (κ1) is 32.5. The van der Waals surface area contributed by atoms with E-state index in [0.717, 1.165) is 35.7 Å². The second-order valence-corrected chi connectivity index (χ2v) is 12.5. The fourth-order valence-electron chi connectivity index (χ4n) is 5.06. The third-order valence-electron chi connectivity index (χ3n) is 7.54. The molecule has 11 nitrogen and oxygen atoms in total. The van der Waals surface area contributed by atoms with Gasteiger partial charge in [0.2, 0.25) is 0 Å². The number of nitrogens with one attached hydrogen (secondary N) is 1. The van der Waals surface area contributed by atoms with E-state index in [1.807, 2.05) is 18.2 Å². The average Bonchev–Trinajstić information content (AvgIpc) is 3.64. The Morgan fingerprint density at radius 3 is 2.20 bits per heavy atom. The van der Waals surface area contributed by atoms with E-state index in [9.17, 15) is 18.3 Å². The Morgan fingerprint density at radius 1 is 0.957 bits per heavy atom. The van der Waals surface area contributed by atoms with E-state index in [1.54, 1.807) is 12.1 Å². The molecule has 46 heavy (non-hydrogen) atoms. The minimum Gasteiger partial charge on any atom is -0.496 e. The van der Waals surface area contributed by atoms with E-state index < -0.39 is 26.7 Å². The number of nitrogens with zero attached hydrogens (tertiary/aromatic N) is 3. The number of rotatable bonds is 14. The van der Waals surface area contributed by atoms with Crippen LogP contribution in [0.25, 0.3) is 12.2 Å². The van der Waals surface area contributed by atoms with E-state index in [0.29, 0.717) is 48.9 Å². The number of ether oxygens (including phenoxy) is 3. The third-order valence-corrected chi connectivity index (χ3v) is 9.31. The SMILES string of the molecule is COc1cc(OCCc2ccc(/C=C/c3ccccc3)cc2)cc(OC)c1CNc1ncc(S(=O)(=O)N2CCCC2)nc1C(=O)O.